The summed E-state index contributed by atoms with van der Waals surface area (Å²) in [6.45, 7) is 4.49. The number of allylic oxidation sites excluding steroid dienone is 1. The molecule has 1 heterocycles. The summed E-state index contributed by atoms with van der Waals surface area (Å²) >= 11 is 6.15. The van der Waals surface area contributed by atoms with Crippen LogP contribution in [0.1, 0.15) is 44.7 Å². The van der Waals surface area contributed by atoms with Crippen LogP contribution in [0.5, 0.6) is 5.75 Å². The third-order valence-electron chi connectivity index (χ3n) is 3.80. The fourth-order valence-electron chi connectivity index (χ4n) is 2.74. The maximum atomic E-state index is 12.4. The number of rotatable bonds is 7. The van der Waals surface area contributed by atoms with Crippen molar-refractivity contribution in [3.8, 4) is 5.75 Å². The summed E-state index contributed by atoms with van der Waals surface area (Å²) in [5.41, 5.74) is 1.56. The van der Waals surface area contributed by atoms with E-state index in [1.807, 2.05) is 13.8 Å². The predicted octanol–water partition coefficient (Wildman–Crippen LogP) is 3.71. The lowest BCUT2D eigenvalue weighted by Crippen LogP contribution is -2.46. The van der Waals surface area contributed by atoms with Gasteiger partial charge in [-0.05, 0) is 31.0 Å². The normalized spacial score (nSPS) is 17.0. The topological polar surface area (TPSA) is 76.7 Å². The van der Waals surface area contributed by atoms with Crippen molar-refractivity contribution >= 4 is 23.6 Å². The highest BCUT2D eigenvalue weighted by molar-refractivity contribution is 6.30. The van der Waals surface area contributed by atoms with Crippen LogP contribution in [0.25, 0.3) is 0 Å². The lowest BCUT2D eigenvalue weighted by molar-refractivity contribution is -0.136. The summed E-state index contributed by atoms with van der Waals surface area (Å²) in [6.07, 6.45) is 2.17. The molecule has 136 valence electrons. The molecule has 0 aliphatic carbocycles. The number of amides is 2. The van der Waals surface area contributed by atoms with Crippen molar-refractivity contribution in [3.63, 3.8) is 0 Å². The minimum absolute atomic E-state index is 0.368. The highest BCUT2D eigenvalue weighted by atomic mass is 35.5. The van der Waals surface area contributed by atoms with E-state index in [4.69, 9.17) is 21.1 Å². The van der Waals surface area contributed by atoms with Gasteiger partial charge in [-0.15, -0.1) is 0 Å². The SMILES string of the molecule is CCCOc1ccc(Cl)cc1C1NC(=O)NC(CCC)=C1C(=O)OC. The Labute approximate surface area is 152 Å². The van der Waals surface area contributed by atoms with Crippen LogP contribution in [0.2, 0.25) is 5.02 Å². The number of nitrogens with one attached hydrogen (secondary N) is 2. The van der Waals surface area contributed by atoms with Crippen LogP contribution in [0.15, 0.2) is 29.5 Å². The summed E-state index contributed by atoms with van der Waals surface area (Å²) in [5, 5.41) is 5.99. The van der Waals surface area contributed by atoms with E-state index in [9.17, 15) is 9.59 Å². The molecule has 1 atom stereocenters. The highest BCUT2D eigenvalue weighted by Gasteiger charge is 2.34. The smallest absolute Gasteiger partial charge is 0.337 e. The molecule has 1 aromatic rings. The van der Waals surface area contributed by atoms with Crippen LogP contribution in [0, 0.1) is 0 Å². The van der Waals surface area contributed by atoms with Gasteiger partial charge in [0.05, 0.1) is 25.3 Å². The van der Waals surface area contributed by atoms with Gasteiger partial charge in [0.25, 0.3) is 0 Å². The van der Waals surface area contributed by atoms with Gasteiger partial charge in [-0.25, -0.2) is 9.59 Å². The molecule has 25 heavy (non-hydrogen) atoms. The standard InChI is InChI=1S/C18H23ClN2O4/c1-4-6-13-15(17(22)24-3)16(21-18(23)20-13)12-10-11(19)7-8-14(12)25-9-5-2/h7-8,10,16H,4-6,9H2,1-3H3,(H2,20,21,23). The number of ether oxygens (including phenoxy) is 2. The Morgan fingerprint density at radius 2 is 2.04 bits per heavy atom. The number of urea groups is 1. The third kappa shape index (κ3) is 4.45. The van der Waals surface area contributed by atoms with Crippen LogP contribution in [0.3, 0.4) is 0 Å². The number of carbonyl (C=O) groups is 2. The summed E-state index contributed by atoms with van der Waals surface area (Å²) in [6, 6.07) is 4.11. The zero-order valence-electron chi connectivity index (χ0n) is 14.6. The van der Waals surface area contributed by atoms with Crippen molar-refractivity contribution in [2.24, 2.45) is 0 Å². The maximum absolute atomic E-state index is 12.4. The number of carbonyl (C=O) groups excluding carboxylic acids is 2. The lowest BCUT2D eigenvalue weighted by Gasteiger charge is -2.30. The number of methoxy groups -OCH3 is 1. The molecule has 0 saturated heterocycles. The molecule has 0 saturated carbocycles. The summed E-state index contributed by atoms with van der Waals surface area (Å²) < 4.78 is 10.7. The van der Waals surface area contributed by atoms with Crippen LogP contribution in [-0.2, 0) is 9.53 Å². The van der Waals surface area contributed by atoms with E-state index in [-0.39, 0.29) is 6.03 Å². The van der Waals surface area contributed by atoms with E-state index in [0.29, 0.717) is 40.6 Å². The summed E-state index contributed by atoms with van der Waals surface area (Å²) in [4.78, 5) is 24.5. The molecule has 6 nitrogen and oxygen atoms in total. The van der Waals surface area contributed by atoms with Crippen molar-refractivity contribution in [1.29, 1.82) is 0 Å². The first kappa shape index (κ1) is 19.1. The Morgan fingerprint density at radius 1 is 1.28 bits per heavy atom. The van der Waals surface area contributed by atoms with E-state index >= 15 is 0 Å². The summed E-state index contributed by atoms with van der Waals surface area (Å²) in [5.74, 6) is 0.0815. The van der Waals surface area contributed by atoms with Gasteiger partial charge in [0, 0.05) is 16.3 Å². The van der Waals surface area contributed by atoms with Crippen LogP contribution < -0.4 is 15.4 Å². The Kier molecular flexibility index (Phi) is 6.70. The minimum atomic E-state index is -0.687. The van der Waals surface area contributed by atoms with Gasteiger partial charge < -0.3 is 20.1 Å². The monoisotopic (exact) mass is 366 g/mol. The van der Waals surface area contributed by atoms with E-state index in [0.717, 1.165) is 12.8 Å². The average molecular weight is 367 g/mol. The van der Waals surface area contributed by atoms with E-state index in [1.54, 1.807) is 18.2 Å². The molecular weight excluding hydrogens is 344 g/mol. The molecule has 0 spiro atoms. The molecule has 0 aromatic heterocycles. The Hall–Kier alpha value is -2.21. The van der Waals surface area contributed by atoms with Gasteiger partial charge in [0.1, 0.15) is 5.75 Å². The fraction of sp³-hybridized carbons (Fsp3) is 0.444. The minimum Gasteiger partial charge on any atom is -0.493 e. The highest BCUT2D eigenvalue weighted by Crippen LogP contribution is 2.36. The van der Waals surface area contributed by atoms with Gasteiger partial charge in [-0.3, -0.25) is 0 Å². The van der Waals surface area contributed by atoms with E-state index < -0.39 is 12.0 Å². The van der Waals surface area contributed by atoms with Crippen molar-refractivity contribution in [2.75, 3.05) is 13.7 Å². The Morgan fingerprint density at radius 3 is 2.68 bits per heavy atom. The Bertz CT molecular complexity index is 688. The van der Waals surface area contributed by atoms with Gasteiger partial charge in [-0.1, -0.05) is 31.9 Å². The maximum Gasteiger partial charge on any atom is 0.337 e. The first-order valence-corrected chi connectivity index (χ1v) is 8.70. The molecule has 0 fully saturated rings. The first-order chi connectivity index (χ1) is 12.0. The zero-order valence-corrected chi connectivity index (χ0v) is 15.4. The number of esters is 1. The molecule has 0 radical (unpaired) electrons. The van der Waals surface area contributed by atoms with Gasteiger partial charge >= 0.3 is 12.0 Å². The molecular formula is C18H23ClN2O4. The fourth-order valence-corrected chi connectivity index (χ4v) is 2.92. The van der Waals surface area contributed by atoms with Crippen molar-refractivity contribution in [3.05, 3.63) is 40.1 Å². The lowest BCUT2D eigenvalue weighted by atomic mass is 9.93. The summed E-state index contributed by atoms with van der Waals surface area (Å²) in [7, 11) is 1.32. The first-order valence-electron chi connectivity index (χ1n) is 8.32. The quantitative estimate of drug-likeness (QED) is 0.721. The molecule has 1 aromatic carbocycles. The zero-order chi connectivity index (χ0) is 18.4. The van der Waals surface area contributed by atoms with Crippen molar-refractivity contribution in [1.82, 2.24) is 10.6 Å². The number of hydrogen-bond donors (Lipinski definition) is 2. The Balaban J connectivity index is 2.57. The molecule has 1 unspecified atom stereocenters. The second kappa shape index (κ2) is 8.76. The van der Waals surface area contributed by atoms with Crippen LogP contribution in [-0.4, -0.2) is 25.7 Å². The molecule has 7 heteroatoms. The third-order valence-corrected chi connectivity index (χ3v) is 4.04. The largest absolute Gasteiger partial charge is 0.493 e. The molecule has 0 bridgehead atoms. The molecule has 2 N–H and O–H groups in total. The van der Waals surface area contributed by atoms with Gasteiger partial charge in [0.2, 0.25) is 0 Å². The molecule has 2 rings (SSSR count). The number of benzene rings is 1. The number of hydrogen-bond acceptors (Lipinski definition) is 4. The van der Waals surface area contributed by atoms with E-state index in [1.165, 1.54) is 7.11 Å². The molecule has 2 amide bonds. The van der Waals surface area contributed by atoms with Gasteiger partial charge in [-0.2, -0.15) is 0 Å². The van der Waals surface area contributed by atoms with Crippen LogP contribution in [0.4, 0.5) is 4.79 Å². The van der Waals surface area contributed by atoms with Crippen molar-refractivity contribution < 1.29 is 19.1 Å². The second-order valence-electron chi connectivity index (χ2n) is 5.70. The molecule has 1 aliphatic heterocycles. The average Bonchev–Trinajstić information content (AvgIpc) is 2.59. The van der Waals surface area contributed by atoms with Crippen molar-refractivity contribution in [2.45, 2.75) is 39.2 Å². The molecule has 1 aliphatic rings. The van der Waals surface area contributed by atoms with Crippen LogP contribution >= 0.6 is 11.6 Å². The number of halogens is 1. The van der Waals surface area contributed by atoms with E-state index in [2.05, 4.69) is 10.6 Å². The van der Waals surface area contributed by atoms with Gasteiger partial charge in [0.15, 0.2) is 0 Å². The second-order valence-corrected chi connectivity index (χ2v) is 6.13. The predicted molar refractivity (Wildman–Crippen MR) is 95.6 cm³/mol.